The molecule has 2 heterocycles. The van der Waals surface area contributed by atoms with Gasteiger partial charge in [-0.2, -0.15) is 0 Å². The molecule has 0 unspecified atom stereocenters. The Morgan fingerprint density at radius 3 is 2.74 bits per heavy atom. The minimum Gasteiger partial charge on any atom is -0.495 e. The summed E-state index contributed by atoms with van der Waals surface area (Å²) in [7, 11) is 1.54. The molecule has 0 spiro atoms. The second-order valence-electron chi connectivity index (χ2n) is 6.50. The van der Waals surface area contributed by atoms with Crippen LogP contribution in [0.1, 0.15) is 30.7 Å². The highest BCUT2D eigenvalue weighted by Crippen LogP contribution is 2.27. The van der Waals surface area contributed by atoms with E-state index in [9.17, 15) is 4.79 Å². The van der Waals surface area contributed by atoms with Gasteiger partial charge in [0.05, 0.1) is 25.0 Å². The van der Waals surface area contributed by atoms with Gasteiger partial charge in [-0.3, -0.25) is 0 Å². The molecule has 1 aliphatic rings. The Morgan fingerprint density at radius 1 is 1.22 bits per heavy atom. The zero-order valence-electron chi connectivity index (χ0n) is 15.6. The first-order chi connectivity index (χ1) is 13.0. The number of carbonyl (C=O) groups is 1. The number of methoxy groups -OCH3 is 1. The number of benzene rings is 1. The van der Waals surface area contributed by atoms with E-state index in [2.05, 4.69) is 25.5 Å². The van der Waals surface area contributed by atoms with Crippen molar-refractivity contribution in [3.05, 3.63) is 40.7 Å². The Kier molecular flexibility index (Phi) is 6.34. The fourth-order valence-corrected chi connectivity index (χ4v) is 3.23. The summed E-state index contributed by atoms with van der Waals surface area (Å²) < 4.78 is 5.24. The average Bonchev–Trinajstić information content (AvgIpc) is 2.67. The van der Waals surface area contributed by atoms with Crippen LogP contribution < -0.4 is 20.3 Å². The molecule has 0 atom stereocenters. The lowest BCUT2D eigenvalue weighted by Gasteiger charge is -2.27. The van der Waals surface area contributed by atoms with Gasteiger partial charge in [-0.1, -0.05) is 11.6 Å². The molecule has 2 N–H and O–H groups in total. The Labute approximate surface area is 164 Å². The van der Waals surface area contributed by atoms with Gasteiger partial charge in [-0.15, -0.1) is 0 Å². The van der Waals surface area contributed by atoms with Gasteiger partial charge in [0.15, 0.2) is 0 Å². The maximum absolute atomic E-state index is 12.3. The zero-order chi connectivity index (χ0) is 19.2. The number of nitrogens with zero attached hydrogens (tertiary/aromatic N) is 3. The summed E-state index contributed by atoms with van der Waals surface area (Å²) in [5.41, 5.74) is 2.17. The third-order valence-corrected chi connectivity index (χ3v) is 4.61. The lowest BCUT2D eigenvalue weighted by atomic mass is 10.1. The Bertz CT molecular complexity index is 809. The number of hydrogen-bond donors (Lipinski definition) is 2. The van der Waals surface area contributed by atoms with Gasteiger partial charge >= 0.3 is 6.03 Å². The normalized spacial score (nSPS) is 14.0. The van der Waals surface area contributed by atoms with Gasteiger partial charge in [0.1, 0.15) is 5.75 Å². The van der Waals surface area contributed by atoms with Gasteiger partial charge in [-0.25, -0.2) is 14.8 Å². The highest BCUT2D eigenvalue weighted by atomic mass is 35.5. The predicted molar refractivity (Wildman–Crippen MR) is 107 cm³/mol. The molecule has 0 bridgehead atoms. The number of ether oxygens (including phenoxy) is 1. The monoisotopic (exact) mass is 389 g/mol. The smallest absolute Gasteiger partial charge is 0.319 e. The number of hydrogen-bond acceptors (Lipinski definition) is 5. The lowest BCUT2D eigenvalue weighted by molar-refractivity contribution is 0.251. The van der Waals surface area contributed by atoms with E-state index in [0.717, 1.165) is 43.3 Å². The molecule has 2 aromatic rings. The molecular weight excluding hydrogens is 366 g/mol. The van der Waals surface area contributed by atoms with Crippen LogP contribution in [0.4, 0.5) is 16.4 Å². The summed E-state index contributed by atoms with van der Waals surface area (Å²) in [6.45, 7) is 4.20. The fourth-order valence-electron chi connectivity index (χ4n) is 3.06. The van der Waals surface area contributed by atoms with Crippen molar-refractivity contribution in [2.75, 3.05) is 30.4 Å². The van der Waals surface area contributed by atoms with E-state index in [-0.39, 0.29) is 6.03 Å². The van der Waals surface area contributed by atoms with Crippen LogP contribution in [0.15, 0.2) is 24.3 Å². The van der Waals surface area contributed by atoms with Gasteiger partial charge in [0, 0.05) is 23.8 Å². The predicted octanol–water partition coefficient (Wildman–Crippen LogP) is 3.76. The molecule has 1 aromatic heterocycles. The number of urea groups is 1. The van der Waals surface area contributed by atoms with Gasteiger partial charge in [-0.05, 0) is 50.5 Å². The molecule has 1 aromatic carbocycles. The van der Waals surface area contributed by atoms with Crippen LogP contribution in [-0.2, 0) is 6.54 Å². The lowest BCUT2D eigenvalue weighted by Crippen LogP contribution is -2.32. The van der Waals surface area contributed by atoms with Crippen molar-refractivity contribution in [3.8, 4) is 5.75 Å². The van der Waals surface area contributed by atoms with Crippen molar-refractivity contribution in [2.45, 2.75) is 32.7 Å². The van der Waals surface area contributed by atoms with Crippen molar-refractivity contribution in [1.82, 2.24) is 15.3 Å². The molecule has 8 heteroatoms. The van der Waals surface area contributed by atoms with Crippen LogP contribution in [-0.4, -0.2) is 36.2 Å². The van der Waals surface area contributed by atoms with Crippen molar-refractivity contribution in [3.63, 3.8) is 0 Å². The Hall–Kier alpha value is -2.54. The minimum atomic E-state index is -0.355. The molecule has 1 aliphatic heterocycles. The molecule has 0 radical (unpaired) electrons. The second-order valence-corrected chi connectivity index (χ2v) is 6.94. The highest BCUT2D eigenvalue weighted by molar-refractivity contribution is 6.31. The largest absolute Gasteiger partial charge is 0.495 e. The van der Waals surface area contributed by atoms with Crippen LogP contribution >= 0.6 is 11.6 Å². The number of aryl methyl sites for hydroxylation is 1. The third-order valence-electron chi connectivity index (χ3n) is 4.37. The quantitative estimate of drug-likeness (QED) is 0.813. The van der Waals surface area contributed by atoms with E-state index in [1.54, 1.807) is 18.2 Å². The number of amides is 2. The maximum Gasteiger partial charge on any atom is 0.319 e. The number of rotatable bonds is 5. The average molecular weight is 390 g/mol. The molecule has 27 heavy (non-hydrogen) atoms. The van der Waals surface area contributed by atoms with Crippen LogP contribution in [0, 0.1) is 6.92 Å². The standard InChI is InChI=1S/C19H24ClN5O2/c1-13-10-15(23-18(22-13)25-8-4-3-5-9-25)12-21-19(26)24-16-11-14(20)6-7-17(16)27-2/h6-7,10-11H,3-5,8-9,12H2,1-2H3,(H2,21,24,26). The van der Waals surface area contributed by atoms with E-state index in [1.807, 2.05) is 13.0 Å². The first-order valence-electron chi connectivity index (χ1n) is 9.03. The first-order valence-corrected chi connectivity index (χ1v) is 9.41. The van der Waals surface area contributed by atoms with Crippen LogP contribution in [0.5, 0.6) is 5.75 Å². The number of halogens is 1. The molecule has 0 aliphatic carbocycles. The van der Waals surface area contributed by atoms with Crippen LogP contribution in [0.3, 0.4) is 0 Å². The molecule has 144 valence electrons. The topological polar surface area (TPSA) is 79.4 Å². The third kappa shape index (κ3) is 5.23. The van der Waals surface area contributed by atoms with Crippen LogP contribution in [0.25, 0.3) is 0 Å². The molecule has 7 nitrogen and oxygen atoms in total. The number of aromatic nitrogens is 2. The second kappa shape index (κ2) is 8.90. The summed E-state index contributed by atoms with van der Waals surface area (Å²) in [6, 6.07) is 6.58. The molecular formula is C19H24ClN5O2. The van der Waals surface area contributed by atoms with Crippen molar-refractivity contribution >= 4 is 29.3 Å². The number of nitrogens with one attached hydrogen (secondary N) is 2. The Balaban J connectivity index is 1.63. The summed E-state index contributed by atoms with van der Waals surface area (Å²) in [6.07, 6.45) is 3.58. The molecule has 1 saturated heterocycles. The molecule has 3 rings (SSSR count). The van der Waals surface area contributed by atoms with E-state index in [0.29, 0.717) is 23.0 Å². The van der Waals surface area contributed by atoms with Gasteiger partial charge < -0.3 is 20.3 Å². The van der Waals surface area contributed by atoms with E-state index in [4.69, 9.17) is 16.3 Å². The summed E-state index contributed by atoms with van der Waals surface area (Å²) in [5.74, 6) is 1.28. The van der Waals surface area contributed by atoms with E-state index in [1.165, 1.54) is 13.5 Å². The zero-order valence-corrected chi connectivity index (χ0v) is 16.3. The molecule has 1 fully saturated rings. The summed E-state index contributed by atoms with van der Waals surface area (Å²) in [5, 5.41) is 6.09. The molecule has 0 saturated carbocycles. The van der Waals surface area contributed by atoms with E-state index >= 15 is 0 Å². The van der Waals surface area contributed by atoms with Crippen LogP contribution in [0.2, 0.25) is 5.02 Å². The van der Waals surface area contributed by atoms with Gasteiger partial charge in [0.2, 0.25) is 5.95 Å². The number of anilines is 2. The number of piperidine rings is 1. The first kappa shape index (κ1) is 19.2. The SMILES string of the molecule is COc1ccc(Cl)cc1NC(=O)NCc1cc(C)nc(N2CCCCC2)n1. The minimum absolute atomic E-state index is 0.304. The van der Waals surface area contributed by atoms with Crippen molar-refractivity contribution in [2.24, 2.45) is 0 Å². The van der Waals surface area contributed by atoms with E-state index < -0.39 is 0 Å². The van der Waals surface area contributed by atoms with Crippen molar-refractivity contribution in [1.29, 1.82) is 0 Å². The fraction of sp³-hybridized carbons (Fsp3) is 0.421. The highest BCUT2D eigenvalue weighted by Gasteiger charge is 2.15. The Morgan fingerprint density at radius 2 is 2.00 bits per heavy atom. The summed E-state index contributed by atoms with van der Waals surface area (Å²) >= 11 is 5.99. The maximum atomic E-state index is 12.3. The van der Waals surface area contributed by atoms with Gasteiger partial charge in [0.25, 0.3) is 0 Å². The summed E-state index contributed by atoms with van der Waals surface area (Å²) in [4.78, 5) is 23.6. The van der Waals surface area contributed by atoms with Crippen molar-refractivity contribution < 1.29 is 9.53 Å². The number of carbonyl (C=O) groups excluding carboxylic acids is 1. The molecule has 2 amide bonds.